The molecule has 0 aromatic heterocycles. The second-order valence-corrected chi connectivity index (χ2v) is 8.51. The van der Waals surface area contributed by atoms with E-state index in [2.05, 4.69) is 10.6 Å². The van der Waals surface area contributed by atoms with Gasteiger partial charge in [-0.1, -0.05) is 30.3 Å². The highest BCUT2D eigenvalue weighted by Crippen LogP contribution is 2.24. The Kier molecular flexibility index (Phi) is 6.71. The molecule has 0 saturated heterocycles. The van der Waals surface area contributed by atoms with Crippen molar-refractivity contribution >= 4 is 33.2 Å². The third-order valence-corrected chi connectivity index (χ3v) is 6.52. The zero-order valence-electron chi connectivity index (χ0n) is 17.2. The molecule has 0 unspecified atom stereocenters. The van der Waals surface area contributed by atoms with Crippen LogP contribution in [0.25, 0.3) is 0 Å². The molecule has 2 amide bonds. The molecule has 0 aliphatic rings. The van der Waals surface area contributed by atoms with Gasteiger partial charge in [0.2, 0.25) is 0 Å². The topological polar surface area (TPSA) is 95.6 Å². The van der Waals surface area contributed by atoms with Crippen LogP contribution in [0.4, 0.5) is 11.4 Å². The summed E-state index contributed by atoms with van der Waals surface area (Å²) in [5.74, 6) is -0.751. The average Bonchev–Trinajstić information content (AvgIpc) is 2.80. The predicted molar refractivity (Wildman–Crippen MR) is 121 cm³/mol. The molecule has 0 heterocycles. The van der Waals surface area contributed by atoms with Crippen LogP contribution in [-0.2, 0) is 10.0 Å². The number of amides is 2. The number of benzene rings is 3. The number of carbonyl (C=O) groups excluding carboxylic acids is 2. The number of hydrogen-bond donors (Lipinski definition) is 2. The highest BCUT2D eigenvalue weighted by Gasteiger charge is 2.24. The summed E-state index contributed by atoms with van der Waals surface area (Å²) < 4.78 is 27.7. The highest BCUT2D eigenvalue weighted by molar-refractivity contribution is 7.92. The number of nitrogens with zero attached hydrogens (tertiary/aromatic N) is 1. The summed E-state index contributed by atoms with van der Waals surface area (Å²) in [5, 5.41) is 5.23. The molecule has 0 fully saturated rings. The molecule has 8 heteroatoms. The van der Waals surface area contributed by atoms with Gasteiger partial charge in [-0.2, -0.15) is 0 Å². The lowest BCUT2D eigenvalue weighted by Crippen LogP contribution is -2.31. The SMILES string of the molecule is CCN(c1ccccc1)S(=O)(=O)c1cccc(C(=O)Nc2cccc(C(=O)NC)c2)c1. The average molecular weight is 438 g/mol. The molecule has 31 heavy (non-hydrogen) atoms. The lowest BCUT2D eigenvalue weighted by Gasteiger charge is -2.23. The Morgan fingerprint density at radius 1 is 0.839 bits per heavy atom. The van der Waals surface area contributed by atoms with E-state index < -0.39 is 15.9 Å². The van der Waals surface area contributed by atoms with Gasteiger partial charge in [-0.25, -0.2) is 8.42 Å². The lowest BCUT2D eigenvalue weighted by molar-refractivity contribution is 0.0961. The van der Waals surface area contributed by atoms with Crippen LogP contribution < -0.4 is 14.9 Å². The Balaban J connectivity index is 1.87. The Morgan fingerprint density at radius 2 is 1.48 bits per heavy atom. The summed E-state index contributed by atoms with van der Waals surface area (Å²) in [7, 11) is -2.33. The van der Waals surface area contributed by atoms with Gasteiger partial charge in [0.15, 0.2) is 0 Å². The Labute approximate surface area is 181 Å². The number of sulfonamides is 1. The predicted octanol–water partition coefficient (Wildman–Crippen LogP) is 3.51. The van der Waals surface area contributed by atoms with Crippen LogP contribution in [0, 0.1) is 0 Å². The number of para-hydroxylation sites is 1. The fraction of sp³-hybridized carbons (Fsp3) is 0.130. The molecular formula is C23H23N3O4S. The fourth-order valence-electron chi connectivity index (χ4n) is 3.10. The minimum absolute atomic E-state index is 0.0185. The van der Waals surface area contributed by atoms with Crippen LogP contribution in [0.5, 0.6) is 0 Å². The Bertz CT molecular complexity index is 1190. The van der Waals surface area contributed by atoms with Gasteiger partial charge in [0.1, 0.15) is 0 Å². The largest absolute Gasteiger partial charge is 0.355 e. The zero-order valence-corrected chi connectivity index (χ0v) is 18.0. The first-order chi connectivity index (χ1) is 14.9. The van der Waals surface area contributed by atoms with Crippen LogP contribution in [0.3, 0.4) is 0 Å². The maximum atomic E-state index is 13.2. The van der Waals surface area contributed by atoms with Crippen LogP contribution in [0.15, 0.2) is 83.8 Å². The van der Waals surface area contributed by atoms with Crippen LogP contribution >= 0.6 is 0 Å². The summed E-state index contributed by atoms with van der Waals surface area (Å²) in [6, 6.07) is 21.1. The third kappa shape index (κ3) is 4.92. The summed E-state index contributed by atoms with van der Waals surface area (Å²) in [5.41, 5.74) is 1.57. The molecule has 0 saturated carbocycles. The van der Waals surface area contributed by atoms with Crippen molar-refractivity contribution in [3.05, 3.63) is 90.0 Å². The summed E-state index contributed by atoms with van der Waals surface area (Å²) in [6.45, 7) is 2.00. The van der Waals surface area contributed by atoms with Gasteiger partial charge in [0.05, 0.1) is 10.6 Å². The Morgan fingerprint density at radius 3 is 2.13 bits per heavy atom. The molecule has 3 rings (SSSR count). The normalized spacial score (nSPS) is 10.9. The standard InChI is InChI=1S/C23H23N3O4S/c1-3-26(20-12-5-4-6-13-20)31(29,30)21-14-8-10-18(16-21)23(28)25-19-11-7-9-17(15-19)22(27)24-2/h4-16H,3H2,1-2H3,(H,24,27)(H,25,28). The van der Waals surface area contributed by atoms with Crippen molar-refractivity contribution in [2.24, 2.45) is 0 Å². The van der Waals surface area contributed by atoms with E-state index in [1.807, 2.05) is 6.07 Å². The van der Waals surface area contributed by atoms with Crippen LogP contribution in [0.2, 0.25) is 0 Å². The number of carbonyl (C=O) groups is 2. The van der Waals surface area contributed by atoms with Gasteiger partial charge < -0.3 is 10.6 Å². The van der Waals surface area contributed by atoms with Crippen LogP contribution in [0.1, 0.15) is 27.6 Å². The van der Waals surface area contributed by atoms with Crippen molar-refractivity contribution < 1.29 is 18.0 Å². The van der Waals surface area contributed by atoms with E-state index in [9.17, 15) is 18.0 Å². The molecular weight excluding hydrogens is 414 g/mol. The first-order valence-electron chi connectivity index (χ1n) is 9.68. The van der Waals surface area contributed by atoms with Gasteiger partial charge in [-0.15, -0.1) is 0 Å². The molecule has 0 aliphatic heterocycles. The quantitative estimate of drug-likeness (QED) is 0.591. The van der Waals surface area contributed by atoms with Crippen molar-refractivity contribution in [1.82, 2.24) is 5.32 Å². The molecule has 3 aromatic carbocycles. The van der Waals surface area contributed by atoms with Crippen LogP contribution in [-0.4, -0.2) is 33.8 Å². The number of anilines is 2. The molecule has 0 spiro atoms. The first kappa shape index (κ1) is 22.0. The van der Waals surface area contributed by atoms with E-state index in [1.165, 1.54) is 35.6 Å². The zero-order chi connectivity index (χ0) is 22.4. The van der Waals surface area contributed by atoms with E-state index >= 15 is 0 Å². The van der Waals surface area contributed by atoms with E-state index in [0.29, 0.717) is 16.9 Å². The van der Waals surface area contributed by atoms with Crippen molar-refractivity contribution in [3.63, 3.8) is 0 Å². The van der Waals surface area contributed by atoms with E-state index in [0.717, 1.165) is 0 Å². The van der Waals surface area contributed by atoms with Gasteiger partial charge in [0, 0.05) is 30.4 Å². The molecule has 7 nitrogen and oxygen atoms in total. The number of hydrogen-bond acceptors (Lipinski definition) is 4. The maximum Gasteiger partial charge on any atom is 0.264 e. The molecule has 0 bridgehead atoms. The van der Waals surface area contributed by atoms with E-state index in [-0.39, 0.29) is 22.9 Å². The second-order valence-electron chi connectivity index (χ2n) is 6.65. The molecule has 2 N–H and O–H groups in total. The molecule has 0 radical (unpaired) electrons. The second kappa shape index (κ2) is 9.44. The van der Waals surface area contributed by atoms with E-state index in [4.69, 9.17) is 0 Å². The van der Waals surface area contributed by atoms with Gasteiger partial charge >= 0.3 is 0 Å². The summed E-state index contributed by atoms with van der Waals surface area (Å²) in [4.78, 5) is 24.5. The van der Waals surface area contributed by atoms with Gasteiger partial charge in [0.25, 0.3) is 21.8 Å². The summed E-state index contributed by atoms with van der Waals surface area (Å²) >= 11 is 0. The van der Waals surface area contributed by atoms with Gasteiger partial charge in [-0.3, -0.25) is 13.9 Å². The van der Waals surface area contributed by atoms with E-state index in [1.54, 1.807) is 55.5 Å². The lowest BCUT2D eigenvalue weighted by atomic mass is 10.1. The molecule has 0 atom stereocenters. The smallest absolute Gasteiger partial charge is 0.264 e. The van der Waals surface area contributed by atoms with Crippen molar-refractivity contribution in [1.29, 1.82) is 0 Å². The van der Waals surface area contributed by atoms with Crippen molar-refractivity contribution in [2.45, 2.75) is 11.8 Å². The number of nitrogens with one attached hydrogen (secondary N) is 2. The third-order valence-electron chi connectivity index (χ3n) is 4.63. The maximum absolute atomic E-state index is 13.2. The van der Waals surface area contributed by atoms with Crippen molar-refractivity contribution in [2.75, 3.05) is 23.2 Å². The van der Waals surface area contributed by atoms with Crippen molar-refractivity contribution in [3.8, 4) is 0 Å². The number of rotatable bonds is 7. The Hall–Kier alpha value is -3.65. The molecule has 3 aromatic rings. The monoisotopic (exact) mass is 437 g/mol. The molecule has 160 valence electrons. The minimum Gasteiger partial charge on any atom is -0.355 e. The van der Waals surface area contributed by atoms with Gasteiger partial charge in [-0.05, 0) is 55.5 Å². The highest BCUT2D eigenvalue weighted by atomic mass is 32.2. The fourth-order valence-corrected chi connectivity index (χ4v) is 4.62. The minimum atomic E-state index is -3.85. The first-order valence-corrected chi connectivity index (χ1v) is 11.1. The summed E-state index contributed by atoms with van der Waals surface area (Å²) in [6.07, 6.45) is 0. The molecule has 0 aliphatic carbocycles.